The first-order valence-electron chi connectivity index (χ1n) is 5.16. The molecule has 3 N–H and O–H groups in total. The minimum absolute atomic E-state index is 0.191. The Morgan fingerprint density at radius 2 is 2.14 bits per heavy atom. The van der Waals surface area contributed by atoms with Crippen molar-refractivity contribution < 1.29 is 5.11 Å². The third-order valence-corrected chi connectivity index (χ3v) is 3.03. The zero-order chi connectivity index (χ0) is 10.3. The molecule has 0 radical (unpaired) electrons. The van der Waals surface area contributed by atoms with E-state index in [-0.39, 0.29) is 6.04 Å². The molecule has 0 aromatic heterocycles. The first kappa shape index (κ1) is 9.69. The summed E-state index contributed by atoms with van der Waals surface area (Å²) >= 11 is 0. The third kappa shape index (κ3) is 1.35. The average Bonchev–Trinajstić information content (AvgIpc) is 2.43. The van der Waals surface area contributed by atoms with Crippen LogP contribution in [-0.2, 0) is 6.42 Å². The smallest absolute Gasteiger partial charge is 0.0773 e. The maximum absolute atomic E-state index is 9.70. The molecule has 0 fully saturated rings. The van der Waals surface area contributed by atoms with E-state index in [2.05, 4.69) is 32.0 Å². The van der Waals surface area contributed by atoms with Crippen LogP contribution in [0.15, 0.2) is 18.2 Å². The van der Waals surface area contributed by atoms with Crippen LogP contribution in [0.2, 0.25) is 0 Å². The molecule has 1 aromatic carbocycles. The first-order valence-corrected chi connectivity index (χ1v) is 5.16. The predicted molar refractivity (Wildman–Crippen MR) is 57.2 cm³/mol. The Bertz CT molecular complexity index is 346. The minimum Gasteiger partial charge on any atom is -0.391 e. The highest BCUT2D eigenvalue weighted by molar-refractivity contribution is 5.43. The molecule has 0 amide bonds. The largest absolute Gasteiger partial charge is 0.391 e. The zero-order valence-electron chi connectivity index (χ0n) is 8.70. The van der Waals surface area contributed by atoms with E-state index in [0.717, 1.165) is 0 Å². The molecule has 0 saturated carbocycles. The number of rotatable bonds is 1. The Balaban J connectivity index is 2.52. The highest BCUT2D eigenvalue weighted by atomic mass is 16.3. The van der Waals surface area contributed by atoms with Gasteiger partial charge in [0, 0.05) is 6.42 Å². The predicted octanol–water partition coefficient (Wildman–Crippen LogP) is 1.73. The number of nitrogens with two attached hydrogens (primary N) is 1. The summed E-state index contributed by atoms with van der Waals surface area (Å²) in [6.07, 6.45) is 0.307. The van der Waals surface area contributed by atoms with Crippen molar-refractivity contribution in [2.45, 2.75) is 38.3 Å². The fourth-order valence-electron chi connectivity index (χ4n) is 2.27. The van der Waals surface area contributed by atoms with Crippen LogP contribution >= 0.6 is 0 Å². The lowest BCUT2D eigenvalue weighted by atomic mass is 9.93. The fourth-order valence-corrected chi connectivity index (χ4v) is 2.27. The summed E-state index contributed by atoms with van der Waals surface area (Å²) in [6.45, 7) is 4.32. The second kappa shape index (κ2) is 3.37. The maximum atomic E-state index is 9.70. The number of hydrogen-bond acceptors (Lipinski definition) is 2. The molecule has 0 bridgehead atoms. The van der Waals surface area contributed by atoms with Gasteiger partial charge in [-0.15, -0.1) is 0 Å². The molecule has 76 valence electrons. The van der Waals surface area contributed by atoms with Gasteiger partial charge in [0.25, 0.3) is 0 Å². The van der Waals surface area contributed by atoms with Crippen LogP contribution in [0.1, 0.15) is 42.5 Å². The Labute approximate surface area is 84.7 Å². The summed E-state index contributed by atoms with van der Waals surface area (Å²) in [5.41, 5.74) is 9.66. The molecule has 2 nitrogen and oxygen atoms in total. The zero-order valence-corrected chi connectivity index (χ0v) is 8.70. The molecule has 14 heavy (non-hydrogen) atoms. The number of aliphatic hydroxyl groups excluding tert-OH is 1. The maximum Gasteiger partial charge on any atom is 0.0773 e. The molecule has 0 spiro atoms. The monoisotopic (exact) mass is 191 g/mol. The normalized spacial score (nSPS) is 25.5. The highest BCUT2D eigenvalue weighted by Gasteiger charge is 2.30. The molecule has 1 aromatic rings. The highest BCUT2D eigenvalue weighted by Crippen LogP contribution is 2.35. The van der Waals surface area contributed by atoms with Gasteiger partial charge in [-0.25, -0.2) is 0 Å². The van der Waals surface area contributed by atoms with Crippen LogP contribution in [0.5, 0.6) is 0 Å². The Morgan fingerprint density at radius 3 is 2.79 bits per heavy atom. The topological polar surface area (TPSA) is 46.2 Å². The fraction of sp³-hybridized carbons (Fsp3) is 0.500. The van der Waals surface area contributed by atoms with Crippen molar-refractivity contribution in [2.75, 3.05) is 0 Å². The van der Waals surface area contributed by atoms with Crippen molar-refractivity contribution in [3.8, 4) is 0 Å². The van der Waals surface area contributed by atoms with Crippen molar-refractivity contribution in [1.82, 2.24) is 0 Å². The van der Waals surface area contributed by atoms with Gasteiger partial charge in [0.2, 0.25) is 0 Å². The van der Waals surface area contributed by atoms with Gasteiger partial charge in [-0.05, 0) is 22.6 Å². The molecule has 0 saturated heterocycles. The van der Waals surface area contributed by atoms with Gasteiger partial charge in [0.15, 0.2) is 0 Å². The second-order valence-electron chi connectivity index (χ2n) is 4.37. The molecule has 1 aliphatic rings. The molecule has 1 aliphatic carbocycles. The summed E-state index contributed by atoms with van der Waals surface area (Å²) in [4.78, 5) is 0. The molecular weight excluding hydrogens is 174 g/mol. The molecular formula is C12H17NO. The van der Waals surface area contributed by atoms with E-state index in [4.69, 9.17) is 5.73 Å². The van der Waals surface area contributed by atoms with Gasteiger partial charge in [-0.3, -0.25) is 0 Å². The molecule has 2 heteroatoms. The Kier molecular flexibility index (Phi) is 2.33. The average molecular weight is 191 g/mol. The second-order valence-corrected chi connectivity index (χ2v) is 4.37. The number of benzene rings is 1. The van der Waals surface area contributed by atoms with E-state index < -0.39 is 6.10 Å². The number of hydrogen-bond donors (Lipinski definition) is 2. The van der Waals surface area contributed by atoms with E-state index in [0.29, 0.717) is 12.3 Å². The third-order valence-electron chi connectivity index (χ3n) is 3.03. The van der Waals surface area contributed by atoms with Crippen LogP contribution in [0.3, 0.4) is 0 Å². The lowest BCUT2D eigenvalue weighted by Crippen LogP contribution is -2.22. The van der Waals surface area contributed by atoms with Crippen molar-refractivity contribution in [3.63, 3.8) is 0 Å². The number of aliphatic hydroxyl groups is 1. The van der Waals surface area contributed by atoms with Crippen molar-refractivity contribution >= 4 is 0 Å². The van der Waals surface area contributed by atoms with Gasteiger partial charge in [-0.2, -0.15) is 0 Å². The van der Waals surface area contributed by atoms with E-state index in [9.17, 15) is 5.11 Å². The first-order chi connectivity index (χ1) is 6.61. The van der Waals surface area contributed by atoms with Gasteiger partial charge >= 0.3 is 0 Å². The molecule has 0 aliphatic heterocycles. The van der Waals surface area contributed by atoms with E-state index in [1.54, 1.807) is 0 Å². The summed E-state index contributed by atoms with van der Waals surface area (Å²) in [5, 5.41) is 9.70. The van der Waals surface area contributed by atoms with Gasteiger partial charge in [0.1, 0.15) is 0 Å². The lowest BCUT2D eigenvalue weighted by Gasteiger charge is -2.16. The Morgan fingerprint density at radius 1 is 1.43 bits per heavy atom. The van der Waals surface area contributed by atoms with Crippen LogP contribution in [0.25, 0.3) is 0 Å². The molecule has 0 heterocycles. The van der Waals surface area contributed by atoms with Crippen LogP contribution in [0.4, 0.5) is 0 Å². The van der Waals surface area contributed by atoms with Crippen LogP contribution in [0, 0.1) is 0 Å². The van der Waals surface area contributed by atoms with Gasteiger partial charge in [0.05, 0.1) is 12.1 Å². The molecule has 0 unspecified atom stereocenters. The van der Waals surface area contributed by atoms with E-state index >= 15 is 0 Å². The van der Waals surface area contributed by atoms with Gasteiger partial charge < -0.3 is 10.8 Å². The van der Waals surface area contributed by atoms with Crippen molar-refractivity contribution in [3.05, 3.63) is 34.9 Å². The Hall–Kier alpha value is -0.860. The minimum atomic E-state index is -0.398. The molecule has 2 rings (SSSR count). The van der Waals surface area contributed by atoms with Crippen LogP contribution < -0.4 is 5.73 Å². The van der Waals surface area contributed by atoms with E-state index in [1.165, 1.54) is 16.7 Å². The van der Waals surface area contributed by atoms with Crippen LogP contribution in [-0.4, -0.2) is 11.2 Å². The molecule has 2 atom stereocenters. The summed E-state index contributed by atoms with van der Waals surface area (Å²) in [7, 11) is 0. The quantitative estimate of drug-likeness (QED) is 0.710. The summed E-state index contributed by atoms with van der Waals surface area (Å²) in [6, 6.07) is 6.04. The van der Waals surface area contributed by atoms with Crippen molar-refractivity contribution in [2.24, 2.45) is 5.73 Å². The number of fused-ring (bicyclic) bond motifs is 1. The summed E-state index contributed by atoms with van der Waals surface area (Å²) in [5.74, 6) is 0.473. The summed E-state index contributed by atoms with van der Waals surface area (Å²) < 4.78 is 0. The SMILES string of the molecule is CC(C)c1cccc2c1[C@H](N)[C@@H](O)C2. The lowest BCUT2D eigenvalue weighted by molar-refractivity contribution is 0.158. The van der Waals surface area contributed by atoms with Gasteiger partial charge in [-0.1, -0.05) is 32.0 Å². The van der Waals surface area contributed by atoms with E-state index in [1.807, 2.05) is 0 Å². The van der Waals surface area contributed by atoms with Crippen molar-refractivity contribution in [1.29, 1.82) is 0 Å². The standard InChI is InChI=1S/C12H17NO/c1-7(2)9-5-3-4-8-6-10(14)12(13)11(8)9/h3-5,7,10,12,14H,6,13H2,1-2H3/t10-,12+/m0/s1.